The fourth-order valence-electron chi connectivity index (χ4n) is 3.21. The number of rotatable bonds is 10. The highest BCUT2D eigenvalue weighted by atomic mass is 16.7. The van der Waals surface area contributed by atoms with Crippen LogP contribution in [0.2, 0.25) is 0 Å². The number of hydrogen-bond acceptors (Lipinski definition) is 9. The van der Waals surface area contributed by atoms with E-state index in [4.69, 9.17) is 24.7 Å². The van der Waals surface area contributed by atoms with Gasteiger partial charge in [-0.2, -0.15) is 0 Å². The smallest absolute Gasteiger partial charge is 0.480 e. The molecule has 0 heterocycles. The van der Waals surface area contributed by atoms with Gasteiger partial charge in [-0.15, -0.1) is 0 Å². The molecular formula is C28H43NO9. The van der Waals surface area contributed by atoms with Gasteiger partial charge in [0.25, 0.3) is 0 Å². The van der Waals surface area contributed by atoms with E-state index in [1.807, 2.05) is 13.8 Å². The third kappa shape index (κ3) is 9.63. The van der Waals surface area contributed by atoms with Gasteiger partial charge < -0.3 is 29.8 Å². The summed E-state index contributed by atoms with van der Waals surface area (Å²) < 4.78 is 21.6. The zero-order valence-corrected chi connectivity index (χ0v) is 24.1. The minimum atomic E-state index is -1.39. The molecule has 10 heteroatoms. The maximum absolute atomic E-state index is 12.7. The van der Waals surface area contributed by atoms with Gasteiger partial charge in [0.2, 0.25) is 0 Å². The summed E-state index contributed by atoms with van der Waals surface area (Å²) >= 11 is 0. The van der Waals surface area contributed by atoms with Crippen molar-refractivity contribution in [3.63, 3.8) is 0 Å². The van der Waals surface area contributed by atoms with Crippen molar-refractivity contribution < 1.29 is 43.2 Å². The van der Waals surface area contributed by atoms with Crippen molar-refractivity contribution in [3.05, 3.63) is 23.8 Å². The summed E-state index contributed by atoms with van der Waals surface area (Å²) in [5.41, 5.74) is 4.79. The molecule has 3 N–H and O–H groups in total. The zero-order chi connectivity index (χ0) is 29.6. The molecule has 0 fully saturated rings. The minimum Gasteiger partial charge on any atom is -0.480 e. The molecule has 1 aromatic carbocycles. The van der Waals surface area contributed by atoms with Gasteiger partial charge in [0.15, 0.2) is 11.5 Å². The summed E-state index contributed by atoms with van der Waals surface area (Å²) in [7, 11) is 0. The maximum atomic E-state index is 12.7. The van der Waals surface area contributed by atoms with Crippen LogP contribution in [-0.2, 0) is 23.9 Å². The largest absolute Gasteiger partial charge is 0.508 e. The molecule has 0 aromatic heterocycles. The lowest BCUT2D eigenvalue weighted by Crippen LogP contribution is -2.42. The number of carboxylic acids is 1. The van der Waals surface area contributed by atoms with E-state index in [-0.39, 0.29) is 24.0 Å². The molecule has 10 nitrogen and oxygen atoms in total. The quantitative estimate of drug-likeness (QED) is 0.311. The molecule has 0 saturated heterocycles. The molecular weight excluding hydrogens is 494 g/mol. The average molecular weight is 538 g/mol. The Kier molecular flexibility index (Phi) is 11.3. The first-order valence-corrected chi connectivity index (χ1v) is 12.7. The zero-order valence-electron chi connectivity index (χ0n) is 24.1. The van der Waals surface area contributed by atoms with Gasteiger partial charge >= 0.3 is 24.1 Å². The third-order valence-electron chi connectivity index (χ3n) is 5.78. The van der Waals surface area contributed by atoms with Gasteiger partial charge in [0.05, 0.1) is 17.4 Å². The average Bonchev–Trinajstić information content (AvgIpc) is 2.77. The van der Waals surface area contributed by atoms with E-state index in [0.717, 1.165) is 0 Å². The van der Waals surface area contributed by atoms with Crippen LogP contribution >= 0.6 is 0 Å². The van der Waals surface area contributed by atoms with Crippen LogP contribution in [0.4, 0.5) is 4.79 Å². The van der Waals surface area contributed by atoms with E-state index < -0.39 is 58.9 Å². The van der Waals surface area contributed by atoms with Gasteiger partial charge in [0, 0.05) is 11.8 Å². The van der Waals surface area contributed by atoms with E-state index in [2.05, 4.69) is 0 Å². The summed E-state index contributed by atoms with van der Waals surface area (Å²) in [6, 6.07) is 3.02. The number of benzene rings is 1. The van der Waals surface area contributed by atoms with Crippen LogP contribution < -0.4 is 15.2 Å². The lowest BCUT2D eigenvalue weighted by atomic mass is 9.79. The predicted octanol–water partition coefficient (Wildman–Crippen LogP) is 4.92. The maximum Gasteiger partial charge on any atom is 0.508 e. The van der Waals surface area contributed by atoms with Crippen molar-refractivity contribution in [2.75, 3.05) is 6.61 Å². The normalized spacial score (nSPS) is 15.2. The first-order valence-electron chi connectivity index (χ1n) is 12.7. The van der Waals surface area contributed by atoms with Crippen LogP contribution in [0.15, 0.2) is 18.2 Å². The predicted molar refractivity (Wildman–Crippen MR) is 141 cm³/mol. The number of ether oxygens (including phenoxy) is 4. The SMILES string of the molecule is CC(C)COC(=O)OC(C)C(C)C(c1ccc(OC(=O)C(C)(C)C)c(OC(=O)C(C)(C)C)c1)[C@H](N)C(=O)O. The van der Waals surface area contributed by atoms with Crippen molar-refractivity contribution in [1.29, 1.82) is 0 Å². The van der Waals surface area contributed by atoms with Crippen LogP contribution in [-0.4, -0.2) is 47.9 Å². The fraction of sp³-hybridized carbons (Fsp3) is 0.643. The Hall–Kier alpha value is -3.14. The second-order valence-corrected chi connectivity index (χ2v) is 12.0. The van der Waals surface area contributed by atoms with Crippen molar-refractivity contribution in [2.45, 2.75) is 87.3 Å². The van der Waals surface area contributed by atoms with Crippen molar-refractivity contribution in [1.82, 2.24) is 0 Å². The molecule has 0 amide bonds. The lowest BCUT2D eigenvalue weighted by molar-refractivity contribution is -0.145. The molecule has 0 radical (unpaired) electrons. The number of esters is 2. The molecule has 0 saturated carbocycles. The van der Waals surface area contributed by atoms with Crippen molar-refractivity contribution in [2.24, 2.45) is 28.4 Å². The molecule has 38 heavy (non-hydrogen) atoms. The summed E-state index contributed by atoms with van der Waals surface area (Å²) in [4.78, 5) is 49.3. The van der Waals surface area contributed by atoms with E-state index in [9.17, 15) is 24.3 Å². The number of hydrogen-bond donors (Lipinski definition) is 2. The highest BCUT2D eigenvalue weighted by molar-refractivity contribution is 5.81. The Labute approximate surface area is 225 Å². The van der Waals surface area contributed by atoms with Crippen LogP contribution in [0.3, 0.4) is 0 Å². The Morgan fingerprint density at radius 3 is 1.82 bits per heavy atom. The monoisotopic (exact) mass is 537 g/mol. The van der Waals surface area contributed by atoms with Gasteiger partial charge in [-0.3, -0.25) is 14.4 Å². The molecule has 0 aliphatic rings. The van der Waals surface area contributed by atoms with Gasteiger partial charge in [-0.1, -0.05) is 26.8 Å². The standard InChI is InChI=1S/C28H43NO9/c1-15(2)14-35-26(34)36-17(4)16(3)21(22(29)23(30)31)18-11-12-19(37-24(32)27(5,6)7)20(13-18)38-25(33)28(8,9)10/h11-13,15-17,21-22H,14,29H2,1-10H3,(H,30,31)/t16?,17?,21?,22-/m0/s1. The second-order valence-electron chi connectivity index (χ2n) is 12.0. The molecule has 0 aliphatic heterocycles. The molecule has 0 aliphatic carbocycles. The van der Waals surface area contributed by atoms with Gasteiger partial charge in [-0.05, 0) is 72.1 Å². The second kappa shape index (κ2) is 13.1. The Bertz CT molecular complexity index is 1000. The number of aliphatic carboxylic acids is 1. The van der Waals surface area contributed by atoms with Crippen molar-refractivity contribution in [3.8, 4) is 11.5 Å². The Balaban J connectivity index is 3.49. The molecule has 0 spiro atoms. The number of carbonyl (C=O) groups excluding carboxylic acids is 3. The topological polar surface area (TPSA) is 151 Å². The van der Waals surface area contributed by atoms with E-state index in [0.29, 0.717) is 5.56 Å². The molecule has 4 atom stereocenters. The van der Waals surface area contributed by atoms with Crippen LogP contribution in [0.5, 0.6) is 11.5 Å². The van der Waals surface area contributed by atoms with Crippen molar-refractivity contribution >= 4 is 24.1 Å². The van der Waals surface area contributed by atoms with Gasteiger partial charge in [-0.25, -0.2) is 4.79 Å². The van der Waals surface area contributed by atoms with Crippen LogP contribution in [0.25, 0.3) is 0 Å². The molecule has 1 rings (SSSR count). The number of carbonyl (C=O) groups is 4. The fourth-order valence-corrected chi connectivity index (χ4v) is 3.21. The Morgan fingerprint density at radius 2 is 1.37 bits per heavy atom. The van der Waals surface area contributed by atoms with E-state index in [1.165, 1.54) is 12.1 Å². The molecule has 0 bridgehead atoms. The highest BCUT2D eigenvalue weighted by Crippen LogP contribution is 2.38. The van der Waals surface area contributed by atoms with Gasteiger partial charge in [0.1, 0.15) is 12.1 Å². The van der Waals surface area contributed by atoms with Crippen LogP contribution in [0, 0.1) is 22.7 Å². The van der Waals surface area contributed by atoms with Crippen LogP contribution in [0.1, 0.15) is 80.7 Å². The van der Waals surface area contributed by atoms with E-state index in [1.54, 1.807) is 61.5 Å². The summed E-state index contributed by atoms with van der Waals surface area (Å²) in [5.74, 6) is -3.81. The number of carboxylic acid groups (broad SMARTS) is 1. The summed E-state index contributed by atoms with van der Waals surface area (Å²) in [6.07, 6.45) is -1.64. The summed E-state index contributed by atoms with van der Waals surface area (Å²) in [5, 5.41) is 9.74. The minimum absolute atomic E-state index is 0.00290. The highest BCUT2D eigenvalue weighted by Gasteiger charge is 2.36. The molecule has 3 unspecified atom stereocenters. The van der Waals surface area contributed by atoms with E-state index >= 15 is 0 Å². The number of nitrogens with two attached hydrogens (primary N) is 1. The molecule has 1 aromatic rings. The lowest BCUT2D eigenvalue weighted by Gasteiger charge is -2.31. The molecule has 214 valence electrons. The first kappa shape index (κ1) is 32.9. The third-order valence-corrected chi connectivity index (χ3v) is 5.78. The first-order chi connectivity index (χ1) is 17.2. The Morgan fingerprint density at radius 1 is 0.868 bits per heavy atom. The summed E-state index contributed by atoms with van der Waals surface area (Å²) in [6.45, 7) is 17.3.